The molecule has 6 heteroatoms. The van der Waals surface area contributed by atoms with Gasteiger partial charge >= 0.3 is 5.97 Å². The molecule has 1 amide bonds. The predicted molar refractivity (Wildman–Crippen MR) is 73.7 cm³/mol. The van der Waals surface area contributed by atoms with E-state index < -0.39 is 5.97 Å². The van der Waals surface area contributed by atoms with E-state index in [1.54, 1.807) is 0 Å². The number of carboxylic acid groups (broad SMARTS) is 1. The molecule has 0 aromatic carbocycles. The maximum Gasteiger partial charge on any atom is 0.347 e. The van der Waals surface area contributed by atoms with Gasteiger partial charge in [-0.2, -0.15) is 0 Å². The highest BCUT2D eigenvalue weighted by atomic mass is 32.1. The summed E-state index contributed by atoms with van der Waals surface area (Å²) in [6, 6.07) is 0. The van der Waals surface area contributed by atoms with Gasteiger partial charge < -0.3 is 10.4 Å². The Morgan fingerprint density at radius 2 is 2.00 bits per heavy atom. The quantitative estimate of drug-likeness (QED) is 0.893. The molecule has 1 aliphatic rings. The average Bonchev–Trinajstić information content (AvgIpc) is 2.57. The Bertz CT molecular complexity index is 512. The first-order valence-electron chi connectivity index (χ1n) is 6.34. The normalized spacial score (nSPS) is 15.9. The van der Waals surface area contributed by atoms with E-state index >= 15 is 0 Å². The molecule has 0 radical (unpaired) electrons. The summed E-state index contributed by atoms with van der Waals surface area (Å²) in [7, 11) is 0. The van der Waals surface area contributed by atoms with Crippen molar-refractivity contribution in [3.63, 3.8) is 0 Å². The van der Waals surface area contributed by atoms with Gasteiger partial charge in [-0.1, -0.05) is 38.5 Å². The summed E-state index contributed by atoms with van der Waals surface area (Å²) in [5, 5.41) is 12.3. The van der Waals surface area contributed by atoms with Crippen molar-refractivity contribution in [2.45, 2.75) is 45.4 Å². The maximum atomic E-state index is 11.8. The third-order valence-corrected chi connectivity index (χ3v) is 4.20. The molecule has 0 unspecified atom stereocenters. The standard InChI is InChI=1S/C13H18N2O3S/c1-13(2,3)9-8(11(17)18)19-12(14-9)15-10(16)7-5-4-6-7/h7H,4-6H2,1-3H3,(H,17,18)(H,14,15,16). The zero-order valence-corrected chi connectivity index (χ0v) is 12.1. The Hall–Kier alpha value is -1.43. The summed E-state index contributed by atoms with van der Waals surface area (Å²) in [6.45, 7) is 5.73. The number of hydrogen-bond acceptors (Lipinski definition) is 4. The summed E-state index contributed by atoms with van der Waals surface area (Å²) in [4.78, 5) is 27.6. The number of carbonyl (C=O) groups excluding carboxylic acids is 1. The summed E-state index contributed by atoms with van der Waals surface area (Å²) in [6.07, 6.45) is 2.91. The number of nitrogens with one attached hydrogen (secondary N) is 1. The summed E-state index contributed by atoms with van der Waals surface area (Å²) < 4.78 is 0. The number of carboxylic acids is 1. The van der Waals surface area contributed by atoms with Gasteiger partial charge in [-0.15, -0.1) is 0 Å². The largest absolute Gasteiger partial charge is 0.477 e. The van der Waals surface area contributed by atoms with Crippen molar-refractivity contribution in [1.82, 2.24) is 4.98 Å². The molecule has 19 heavy (non-hydrogen) atoms. The van der Waals surface area contributed by atoms with Crippen molar-refractivity contribution >= 4 is 28.3 Å². The first-order valence-corrected chi connectivity index (χ1v) is 7.16. The molecule has 0 saturated heterocycles. The summed E-state index contributed by atoms with van der Waals surface area (Å²) in [5.74, 6) is -0.973. The zero-order valence-electron chi connectivity index (χ0n) is 11.3. The SMILES string of the molecule is CC(C)(C)c1nc(NC(=O)C2CCC2)sc1C(=O)O. The summed E-state index contributed by atoms with van der Waals surface area (Å²) >= 11 is 1.03. The number of amides is 1. The van der Waals surface area contributed by atoms with Crippen LogP contribution < -0.4 is 5.32 Å². The summed E-state index contributed by atoms with van der Waals surface area (Å²) in [5.41, 5.74) is 0.165. The monoisotopic (exact) mass is 282 g/mol. The molecule has 0 atom stereocenters. The number of nitrogens with zero attached hydrogens (tertiary/aromatic N) is 1. The number of anilines is 1. The van der Waals surface area contributed by atoms with Crippen LogP contribution in [0.3, 0.4) is 0 Å². The fourth-order valence-electron chi connectivity index (χ4n) is 1.90. The number of carbonyl (C=O) groups is 2. The van der Waals surface area contributed by atoms with Crippen molar-refractivity contribution in [3.8, 4) is 0 Å². The van der Waals surface area contributed by atoms with Gasteiger partial charge in [-0.25, -0.2) is 9.78 Å². The van der Waals surface area contributed by atoms with Gasteiger partial charge in [0.05, 0.1) is 5.69 Å². The van der Waals surface area contributed by atoms with Crippen LogP contribution in [0.1, 0.15) is 55.4 Å². The highest BCUT2D eigenvalue weighted by Gasteiger charge is 2.29. The third-order valence-electron chi connectivity index (χ3n) is 3.24. The Labute approximate surface area is 116 Å². The third kappa shape index (κ3) is 2.94. The van der Waals surface area contributed by atoms with Crippen LogP contribution in [0.5, 0.6) is 0 Å². The molecule has 1 aliphatic carbocycles. The molecule has 104 valence electrons. The molecule has 1 heterocycles. The van der Waals surface area contributed by atoms with Gasteiger partial charge in [-0.05, 0) is 12.8 Å². The molecule has 2 N–H and O–H groups in total. The average molecular weight is 282 g/mol. The van der Waals surface area contributed by atoms with Crippen LogP contribution in [-0.4, -0.2) is 22.0 Å². The molecule has 2 rings (SSSR count). The highest BCUT2D eigenvalue weighted by molar-refractivity contribution is 7.17. The van der Waals surface area contributed by atoms with Gasteiger partial charge in [0.2, 0.25) is 5.91 Å². The van der Waals surface area contributed by atoms with Gasteiger partial charge in [0.1, 0.15) is 4.88 Å². The van der Waals surface area contributed by atoms with E-state index in [2.05, 4.69) is 10.3 Å². The van der Waals surface area contributed by atoms with Crippen LogP contribution >= 0.6 is 11.3 Å². The number of hydrogen-bond donors (Lipinski definition) is 2. The molecule has 0 bridgehead atoms. The molecule has 0 aliphatic heterocycles. The van der Waals surface area contributed by atoms with Crippen molar-refractivity contribution < 1.29 is 14.7 Å². The Morgan fingerprint density at radius 3 is 2.37 bits per heavy atom. The topological polar surface area (TPSA) is 79.3 Å². The fourth-order valence-corrected chi connectivity index (χ4v) is 2.92. The van der Waals surface area contributed by atoms with E-state index in [1.165, 1.54) is 0 Å². The van der Waals surface area contributed by atoms with E-state index in [4.69, 9.17) is 0 Å². The molecule has 1 saturated carbocycles. The van der Waals surface area contributed by atoms with Crippen molar-refractivity contribution in [1.29, 1.82) is 0 Å². The van der Waals surface area contributed by atoms with Gasteiger partial charge in [0.25, 0.3) is 0 Å². The van der Waals surface area contributed by atoms with Crippen molar-refractivity contribution in [3.05, 3.63) is 10.6 Å². The minimum atomic E-state index is -0.994. The number of aromatic nitrogens is 1. The minimum absolute atomic E-state index is 0.0441. The van der Waals surface area contributed by atoms with Crippen LogP contribution in [0.25, 0.3) is 0 Å². The van der Waals surface area contributed by atoms with Crippen LogP contribution in [0.4, 0.5) is 5.13 Å². The molecule has 1 fully saturated rings. The van der Waals surface area contributed by atoms with E-state index in [1.807, 2.05) is 20.8 Å². The second kappa shape index (κ2) is 4.92. The van der Waals surface area contributed by atoms with Crippen LogP contribution in [0.15, 0.2) is 0 Å². The lowest BCUT2D eigenvalue weighted by molar-refractivity contribution is -0.122. The Balaban J connectivity index is 2.22. The lowest BCUT2D eigenvalue weighted by atomic mass is 9.85. The van der Waals surface area contributed by atoms with Gasteiger partial charge in [0, 0.05) is 11.3 Å². The number of aromatic carboxylic acids is 1. The molecular weight excluding hydrogens is 264 g/mol. The van der Waals surface area contributed by atoms with Crippen LogP contribution in [0.2, 0.25) is 0 Å². The minimum Gasteiger partial charge on any atom is -0.477 e. The predicted octanol–water partition coefficient (Wildman–Crippen LogP) is 2.88. The van der Waals surface area contributed by atoms with E-state index in [0.717, 1.165) is 30.6 Å². The Kier molecular flexibility index (Phi) is 3.62. The van der Waals surface area contributed by atoms with Crippen molar-refractivity contribution in [2.75, 3.05) is 5.32 Å². The van der Waals surface area contributed by atoms with E-state index in [0.29, 0.717) is 10.8 Å². The van der Waals surface area contributed by atoms with E-state index in [-0.39, 0.29) is 22.1 Å². The lowest BCUT2D eigenvalue weighted by Crippen LogP contribution is -2.28. The molecule has 5 nitrogen and oxygen atoms in total. The van der Waals surface area contributed by atoms with Gasteiger partial charge in [0.15, 0.2) is 5.13 Å². The van der Waals surface area contributed by atoms with Crippen molar-refractivity contribution in [2.24, 2.45) is 5.92 Å². The Morgan fingerprint density at radius 1 is 1.37 bits per heavy atom. The second-order valence-electron chi connectivity index (χ2n) is 5.87. The number of rotatable bonds is 3. The molecule has 1 aromatic rings. The lowest BCUT2D eigenvalue weighted by Gasteiger charge is -2.23. The second-order valence-corrected chi connectivity index (χ2v) is 6.87. The zero-order chi connectivity index (χ0) is 14.2. The highest BCUT2D eigenvalue weighted by Crippen LogP contribution is 2.33. The van der Waals surface area contributed by atoms with Crippen LogP contribution in [0, 0.1) is 5.92 Å². The molecular formula is C13H18N2O3S. The van der Waals surface area contributed by atoms with Crippen LogP contribution in [-0.2, 0) is 10.2 Å². The molecule has 1 aromatic heterocycles. The fraction of sp³-hybridized carbons (Fsp3) is 0.615. The number of thiazole rings is 1. The first-order chi connectivity index (χ1) is 8.79. The van der Waals surface area contributed by atoms with E-state index in [9.17, 15) is 14.7 Å². The smallest absolute Gasteiger partial charge is 0.347 e. The molecule has 0 spiro atoms. The first kappa shape index (κ1) is 14.0. The van der Waals surface area contributed by atoms with Gasteiger partial charge in [-0.3, -0.25) is 4.79 Å². The maximum absolute atomic E-state index is 11.8.